The number of fused-ring (bicyclic) bond motifs is 1. The van der Waals surface area contributed by atoms with Crippen LogP contribution < -0.4 is 4.90 Å². The highest BCUT2D eigenvalue weighted by molar-refractivity contribution is 8.01. The molecule has 23 heavy (non-hydrogen) atoms. The number of rotatable bonds is 7. The Morgan fingerprint density at radius 2 is 2.13 bits per heavy atom. The molecule has 1 atom stereocenters. The van der Waals surface area contributed by atoms with Gasteiger partial charge in [0, 0.05) is 5.75 Å². The first-order chi connectivity index (χ1) is 11.2. The zero-order valence-electron chi connectivity index (χ0n) is 13.1. The van der Waals surface area contributed by atoms with Crippen LogP contribution in [0, 0.1) is 3.95 Å². The highest BCUT2D eigenvalue weighted by atomic mass is 32.2. The highest BCUT2D eigenvalue weighted by Crippen LogP contribution is 2.22. The summed E-state index contributed by atoms with van der Waals surface area (Å²) in [5, 5.41) is 5.79. The number of thioether (sulfide) groups is 1. The molecule has 0 amide bonds. The Labute approximate surface area is 153 Å². The molecule has 0 aliphatic rings. The summed E-state index contributed by atoms with van der Waals surface area (Å²) in [6.45, 7) is 3.84. The summed E-state index contributed by atoms with van der Waals surface area (Å²) in [6.07, 6.45) is 1.15. The monoisotopic (exact) mass is 383 g/mol. The number of aromatic nitrogens is 3. The molecule has 0 radical (unpaired) electrons. The zero-order chi connectivity index (χ0) is 16.2. The first-order valence-electron chi connectivity index (χ1n) is 7.52. The van der Waals surface area contributed by atoms with E-state index in [-0.39, 0.29) is 0 Å². The fourth-order valence-electron chi connectivity index (χ4n) is 2.20. The Morgan fingerprint density at radius 1 is 1.30 bits per heavy atom. The molecule has 0 aliphatic carbocycles. The van der Waals surface area contributed by atoms with E-state index in [1.165, 1.54) is 9.60 Å². The van der Waals surface area contributed by atoms with Crippen molar-refractivity contribution >= 4 is 56.9 Å². The average molecular weight is 384 g/mol. The molecule has 1 aromatic carbocycles. The van der Waals surface area contributed by atoms with Gasteiger partial charge in [0.1, 0.15) is 11.6 Å². The van der Waals surface area contributed by atoms with Crippen LogP contribution in [0.5, 0.6) is 0 Å². The molecule has 122 valence electrons. The predicted molar refractivity (Wildman–Crippen MR) is 102 cm³/mol. The van der Waals surface area contributed by atoms with Crippen LogP contribution in [0.25, 0.3) is 10.2 Å². The van der Waals surface area contributed by atoms with Crippen LogP contribution in [-0.4, -0.2) is 27.6 Å². The lowest BCUT2D eigenvalue weighted by Gasteiger charge is -2.11. The minimum absolute atomic E-state index is 0.776. The molecule has 0 saturated heterocycles. The summed E-state index contributed by atoms with van der Waals surface area (Å²) < 4.78 is 5.12. The fraction of sp³-hybridized carbons (Fsp3) is 0.400. The maximum atomic E-state index is 5.44. The van der Waals surface area contributed by atoms with Crippen LogP contribution in [0.3, 0.4) is 0 Å². The van der Waals surface area contributed by atoms with E-state index in [1.54, 1.807) is 34.4 Å². The second kappa shape index (κ2) is 7.85. The third kappa shape index (κ3) is 4.39. The number of nitrogens with zero attached hydrogens (tertiary/aromatic N) is 3. The molecule has 0 saturated carbocycles. The predicted octanol–water partition coefficient (Wildman–Crippen LogP) is 3.46. The number of hydrogen-bond acceptors (Lipinski definition) is 6. The number of nitrogens with one attached hydrogen (secondary N) is 1. The Morgan fingerprint density at radius 3 is 2.91 bits per heavy atom. The molecule has 2 aromatic heterocycles. The van der Waals surface area contributed by atoms with Gasteiger partial charge < -0.3 is 4.90 Å². The van der Waals surface area contributed by atoms with Crippen LogP contribution in [0.1, 0.15) is 18.4 Å². The molecule has 1 N–H and O–H groups in total. The Kier molecular flexibility index (Phi) is 5.81. The van der Waals surface area contributed by atoms with Crippen molar-refractivity contribution < 1.29 is 4.90 Å². The van der Waals surface area contributed by atoms with Gasteiger partial charge in [-0.1, -0.05) is 42.2 Å². The van der Waals surface area contributed by atoms with Crippen molar-refractivity contribution in [3.05, 3.63) is 33.2 Å². The number of para-hydroxylation sites is 1. The molecule has 0 spiro atoms. The minimum Gasteiger partial charge on any atom is -0.313 e. The molecule has 4 nitrogen and oxygen atoms in total. The van der Waals surface area contributed by atoms with E-state index < -0.39 is 0 Å². The van der Waals surface area contributed by atoms with Crippen LogP contribution in [0.15, 0.2) is 28.6 Å². The zero-order valence-corrected chi connectivity index (χ0v) is 16.4. The van der Waals surface area contributed by atoms with E-state index in [0.717, 1.165) is 44.2 Å². The van der Waals surface area contributed by atoms with Crippen LogP contribution in [0.2, 0.25) is 0 Å². The molecular formula is C15H19N4S4+. The lowest BCUT2D eigenvalue weighted by molar-refractivity contribution is -0.917. The number of quaternary nitrogens is 1. The Hall–Kier alpha value is -0.800. The SMILES string of the molecule is CCCSc1nn(C[NH+](C)Cc2nc3ccccc3s2)c(=S)s1. The van der Waals surface area contributed by atoms with Gasteiger partial charge >= 0.3 is 0 Å². The normalized spacial score (nSPS) is 12.8. The van der Waals surface area contributed by atoms with E-state index in [4.69, 9.17) is 17.2 Å². The van der Waals surface area contributed by atoms with E-state index in [1.807, 2.05) is 10.7 Å². The van der Waals surface area contributed by atoms with Gasteiger partial charge in [0.05, 0.1) is 17.3 Å². The molecule has 0 aliphatic heterocycles. The smallest absolute Gasteiger partial charge is 0.185 e. The average Bonchev–Trinajstić information content (AvgIpc) is 3.08. The Bertz CT molecular complexity index is 802. The lowest BCUT2D eigenvalue weighted by Crippen LogP contribution is -3.07. The number of thiazole rings is 1. The fourth-order valence-corrected chi connectivity index (χ4v) is 5.54. The maximum absolute atomic E-state index is 5.44. The van der Waals surface area contributed by atoms with Crippen molar-refractivity contribution in [3.63, 3.8) is 0 Å². The van der Waals surface area contributed by atoms with Crippen LogP contribution in [0.4, 0.5) is 0 Å². The molecule has 2 heterocycles. The van der Waals surface area contributed by atoms with Gasteiger partial charge in [-0.05, 0) is 30.8 Å². The summed E-state index contributed by atoms with van der Waals surface area (Å²) in [5.41, 5.74) is 1.09. The summed E-state index contributed by atoms with van der Waals surface area (Å²) in [6, 6.07) is 8.29. The maximum Gasteiger partial charge on any atom is 0.185 e. The largest absolute Gasteiger partial charge is 0.313 e. The second-order valence-corrected chi connectivity index (χ2v) is 9.43. The highest BCUT2D eigenvalue weighted by Gasteiger charge is 2.12. The first-order valence-corrected chi connectivity index (χ1v) is 10.5. The van der Waals surface area contributed by atoms with Crippen molar-refractivity contribution in [2.24, 2.45) is 0 Å². The van der Waals surface area contributed by atoms with Gasteiger partial charge in [-0.25, -0.2) is 4.98 Å². The molecule has 3 rings (SSSR count). The molecular weight excluding hydrogens is 364 g/mol. The third-order valence-electron chi connectivity index (χ3n) is 3.23. The number of benzene rings is 1. The standard InChI is InChI=1S/C15H18N4S4/c1-3-8-21-14-17-19(15(20)23-14)10-18(2)9-13-16-11-6-4-5-7-12(11)22-13/h4-7H,3,8-10H2,1-2H3/p+1. The van der Waals surface area contributed by atoms with Gasteiger partial charge in [0.25, 0.3) is 0 Å². The molecule has 3 aromatic rings. The molecule has 0 fully saturated rings. The second-order valence-electron chi connectivity index (χ2n) is 5.35. The summed E-state index contributed by atoms with van der Waals surface area (Å²) >= 11 is 10.6. The summed E-state index contributed by atoms with van der Waals surface area (Å²) in [5.74, 6) is 1.09. The van der Waals surface area contributed by atoms with Crippen LogP contribution in [-0.2, 0) is 13.2 Å². The lowest BCUT2D eigenvalue weighted by atomic mass is 10.3. The van der Waals surface area contributed by atoms with Crippen molar-refractivity contribution in [2.75, 3.05) is 12.8 Å². The quantitative estimate of drug-likeness (QED) is 0.501. The molecule has 0 bridgehead atoms. The van der Waals surface area contributed by atoms with E-state index in [0.29, 0.717) is 0 Å². The van der Waals surface area contributed by atoms with Crippen molar-refractivity contribution in [2.45, 2.75) is 30.9 Å². The topological polar surface area (TPSA) is 35.2 Å². The van der Waals surface area contributed by atoms with Gasteiger partial charge in [0.2, 0.25) is 0 Å². The Balaban J connectivity index is 1.65. The van der Waals surface area contributed by atoms with Gasteiger partial charge in [-0.3, -0.25) is 0 Å². The third-order valence-corrected chi connectivity index (χ3v) is 6.91. The van der Waals surface area contributed by atoms with E-state index in [2.05, 4.69) is 37.3 Å². The van der Waals surface area contributed by atoms with Crippen molar-refractivity contribution in [1.82, 2.24) is 14.8 Å². The van der Waals surface area contributed by atoms with Gasteiger partial charge in [-0.15, -0.1) is 16.4 Å². The van der Waals surface area contributed by atoms with Crippen LogP contribution >= 0.6 is 46.7 Å². The van der Waals surface area contributed by atoms with E-state index in [9.17, 15) is 0 Å². The van der Waals surface area contributed by atoms with E-state index >= 15 is 0 Å². The van der Waals surface area contributed by atoms with Crippen molar-refractivity contribution in [1.29, 1.82) is 0 Å². The van der Waals surface area contributed by atoms with Crippen molar-refractivity contribution in [3.8, 4) is 0 Å². The number of hydrogen-bond donors (Lipinski definition) is 1. The minimum atomic E-state index is 0.776. The summed E-state index contributed by atoms with van der Waals surface area (Å²) in [4.78, 5) is 6.03. The summed E-state index contributed by atoms with van der Waals surface area (Å²) in [7, 11) is 2.16. The van der Waals surface area contributed by atoms with Gasteiger partial charge in [-0.2, -0.15) is 4.68 Å². The molecule has 8 heteroatoms. The molecule has 1 unspecified atom stereocenters. The first kappa shape index (κ1) is 17.0. The van der Waals surface area contributed by atoms with Gasteiger partial charge in [0.15, 0.2) is 15.0 Å².